The molecule has 0 aliphatic carbocycles. The standard InChI is InChI=1S/C17H17FN6O2/c1-22-5-7-23(8-6-22)16-19-10-13-14(20-16)21-17(26)24(15(13)25)12-4-2-3-11(18)9-12/h2-4,9-10H,5-8H2,1H3,(H,19,20,21,26). The second-order valence-electron chi connectivity index (χ2n) is 6.27. The topological polar surface area (TPSA) is 87.1 Å². The van der Waals surface area contributed by atoms with Gasteiger partial charge in [0.2, 0.25) is 5.95 Å². The number of hydrogen-bond donors (Lipinski definition) is 1. The number of hydrogen-bond acceptors (Lipinski definition) is 6. The van der Waals surface area contributed by atoms with E-state index < -0.39 is 17.1 Å². The lowest BCUT2D eigenvalue weighted by Gasteiger charge is -2.32. The maximum atomic E-state index is 13.5. The summed E-state index contributed by atoms with van der Waals surface area (Å²) in [6, 6.07) is 5.30. The SMILES string of the molecule is CN1CCN(c2ncc3c(=O)n(-c4cccc(F)c4)c(=O)[nH]c3n2)CC1. The quantitative estimate of drug-likeness (QED) is 0.713. The minimum atomic E-state index is -0.670. The van der Waals surface area contributed by atoms with Gasteiger partial charge in [-0.1, -0.05) is 6.07 Å². The molecule has 9 heteroatoms. The summed E-state index contributed by atoms with van der Waals surface area (Å²) in [5.41, 5.74) is -0.923. The highest BCUT2D eigenvalue weighted by Crippen LogP contribution is 2.13. The summed E-state index contributed by atoms with van der Waals surface area (Å²) in [5.74, 6) is -0.0558. The van der Waals surface area contributed by atoms with Crippen LogP contribution < -0.4 is 16.1 Å². The molecule has 4 rings (SSSR count). The Bertz CT molecular complexity index is 1080. The van der Waals surface area contributed by atoms with E-state index in [0.717, 1.165) is 36.8 Å². The smallest absolute Gasteiger partial charge is 0.334 e. The highest BCUT2D eigenvalue weighted by atomic mass is 19.1. The van der Waals surface area contributed by atoms with Crippen molar-refractivity contribution < 1.29 is 4.39 Å². The number of rotatable bonds is 2. The summed E-state index contributed by atoms with van der Waals surface area (Å²) < 4.78 is 14.3. The fourth-order valence-corrected chi connectivity index (χ4v) is 3.00. The zero-order valence-corrected chi connectivity index (χ0v) is 14.1. The molecule has 1 aromatic carbocycles. The minimum absolute atomic E-state index is 0.154. The molecule has 0 bridgehead atoms. The van der Waals surface area contributed by atoms with Gasteiger partial charge in [0.05, 0.1) is 5.69 Å². The Morgan fingerprint density at radius 2 is 1.92 bits per heavy atom. The van der Waals surface area contributed by atoms with Crippen LogP contribution in [0.4, 0.5) is 10.3 Å². The average Bonchev–Trinajstić information content (AvgIpc) is 2.62. The van der Waals surface area contributed by atoms with Gasteiger partial charge in [0.15, 0.2) is 5.65 Å². The number of halogens is 1. The maximum Gasteiger partial charge on any atom is 0.334 e. The van der Waals surface area contributed by atoms with E-state index in [9.17, 15) is 14.0 Å². The van der Waals surface area contributed by atoms with E-state index in [0.29, 0.717) is 5.95 Å². The van der Waals surface area contributed by atoms with Gasteiger partial charge in [0.25, 0.3) is 5.56 Å². The number of nitrogens with one attached hydrogen (secondary N) is 1. The van der Waals surface area contributed by atoms with Gasteiger partial charge in [-0.25, -0.2) is 18.7 Å². The van der Waals surface area contributed by atoms with E-state index in [-0.39, 0.29) is 16.7 Å². The van der Waals surface area contributed by atoms with Crippen molar-refractivity contribution in [1.82, 2.24) is 24.4 Å². The lowest BCUT2D eigenvalue weighted by atomic mass is 10.3. The molecule has 3 heterocycles. The summed E-state index contributed by atoms with van der Waals surface area (Å²) in [6.07, 6.45) is 1.41. The maximum absolute atomic E-state index is 13.5. The number of likely N-dealkylation sites (N-methyl/N-ethyl adjacent to an activating group) is 1. The van der Waals surface area contributed by atoms with E-state index in [1.807, 2.05) is 11.9 Å². The van der Waals surface area contributed by atoms with Crippen molar-refractivity contribution in [3.63, 3.8) is 0 Å². The summed E-state index contributed by atoms with van der Waals surface area (Å²) in [5, 5.41) is 0.173. The molecular weight excluding hydrogens is 339 g/mol. The molecule has 2 aromatic heterocycles. The number of benzene rings is 1. The Morgan fingerprint density at radius 1 is 1.15 bits per heavy atom. The summed E-state index contributed by atoms with van der Waals surface area (Å²) in [7, 11) is 2.05. The monoisotopic (exact) mass is 356 g/mol. The first-order valence-electron chi connectivity index (χ1n) is 8.24. The second-order valence-corrected chi connectivity index (χ2v) is 6.27. The third kappa shape index (κ3) is 2.86. The van der Waals surface area contributed by atoms with Crippen LogP contribution in [0, 0.1) is 5.82 Å². The Balaban J connectivity index is 1.81. The van der Waals surface area contributed by atoms with Gasteiger partial charge in [0.1, 0.15) is 11.2 Å². The predicted octanol–water partition coefficient (Wildman–Crippen LogP) is 0.360. The van der Waals surface area contributed by atoms with E-state index in [4.69, 9.17) is 0 Å². The van der Waals surface area contributed by atoms with Crippen LogP contribution in [0.5, 0.6) is 0 Å². The molecule has 1 aliphatic heterocycles. The fourth-order valence-electron chi connectivity index (χ4n) is 3.00. The number of fused-ring (bicyclic) bond motifs is 1. The summed E-state index contributed by atoms with van der Waals surface area (Å²) >= 11 is 0. The van der Waals surface area contributed by atoms with Crippen molar-refractivity contribution in [2.75, 3.05) is 38.1 Å². The third-order valence-corrected chi connectivity index (χ3v) is 4.49. The second kappa shape index (κ2) is 6.34. The minimum Gasteiger partial charge on any atom is -0.338 e. The first kappa shape index (κ1) is 16.4. The van der Waals surface area contributed by atoms with Gasteiger partial charge >= 0.3 is 5.69 Å². The van der Waals surface area contributed by atoms with Crippen molar-refractivity contribution in [2.24, 2.45) is 0 Å². The lowest BCUT2D eigenvalue weighted by Crippen LogP contribution is -2.45. The molecule has 1 aliphatic rings. The van der Waals surface area contributed by atoms with Crippen molar-refractivity contribution in [3.8, 4) is 5.69 Å². The summed E-state index contributed by atoms with van der Waals surface area (Å²) in [6.45, 7) is 3.32. The van der Waals surface area contributed by atoms with Crippen LogP contribution >= 0.6 is 0 Å². The van der Waals surface area contributed by atoms with E-state index in [1.54, 1.807) is 0 Å². The highest BCUT2D eigenvalue weighted by molar-refractivity contribution is 5.73. The van der Waals surface area contributed by atoms with Crippen molar-refractivity contribution in [3.05, 3.63) is 57.1 Å². The molecule has 1 N–H and O–H groups in total. The zero-order chi connectivity index (χ0) is 18.3. The molecule has 3 aromatic rings. The molecule has 1 saturated heterocycles. The Kier molecular flexibility index (Phi) is 4.00. The number of aromatic amines is 1. The number of aromatic nitrogens is 4. The largest absolute Gasteiger partial charge is 0.338 e. The molecule has 0 atom stereocenters. The molecule has 1 fully saturated rings. The molecule has 134 valence electrons. The van der Waals surface area contributed by atoms with Crippen LogP contribution in [-0.2, 0) is 0 Å². The predicted molar refractivity (Wildman–Crippen MR) is 95.4 cm³/mol. The van der Waals surface area contributed by atoms with Crippen LogP contribution in [-0.4, -0.2) is 57.6 Å². The van der Waals surface area contributed by atoms with Crippen LogP contribution in [0.2, 0.25) is 0 Å². The molecule has 0 radical (unpaired) electrons. The molecule has 8 nitrogen and oxygen atoms in total. The van der Waals surface area contributed by atoms with E-state index in [2.05, 4.69) is 19.9 Å². The van der Waals surface area contributed by atoms with Crippen LogP contribution in [0.25, 0.3) is 16.7 Å². The average molecular weight is 356 g/mol. The summed E-state index contributed by atoms with van der Waals surface area (Å²) in [4.78, 5) is 40.6. The molecule has 0 unspecified atom stereocenters. The highest BCUT2D eigenvalue weighted by Gasteiger charge is 2.18. The molecule has 0 spiro atoms. The van der Waals surface area contributed by atoms with Crippen molar-refractivity contribution >= 4 is 17.0 Å². The number of nitrogens with zero attached hydrogens (tertiary/aromatic N) is 5. The molecule has 0 saturated carbocycles. The van der Waals surface area contributed by atoms with Gasteiger partial charge in [-0.3, -0.25) is 9.78 Å². The Hall–Kier alpha value is -3.07. The Labute approximate surface area is 147 Å². The van der Waals surface area contributed by atoms with E-state index >= 15 is 0 Å². The van der Waals surface area contributed by atoms with Gasteiger partial charge in [0, 0.05) is 32.4 Å². The zero-order valence-electron chi connectivity index (χ0n) is 14.1. The van der Waals surface area contributed by atoms with Gasteiger partial charge in [-0.2, -0.15) is 4.98 Å². The van der Waals surface area contributed by atoms with Gasteiger partial charge < -0.3 is 9.80 Å². The molecular formula is C17H17FN6O2. The van der Waals surface area contributed by atoms with Gasteiger partial charge in [-0.05, 0) is 25.2 Å². The normalized spacial score (nSPS) is 15.5. The molecule has 26 heavy (non-hydrogen) atoms. The first-order valence-corrected chi connectivity index (χ1v) is 8.24. The fraction of sp³-hybridized carbons (Fsp3) is 0.294. The third-order valence-electron chi connectivity index (χ3n) is 4.49. The molecule has 0 amide bonds. The number of H-pyrrole nitrogens is 1. The first-order chi connectivity index (χ1) is 12.5. The Morgan fingerprint density at radius 3 is 2.65 bits per heavy atom. The van der Waals surface area contributed by atoms with Crippen molar-refractivity contribution in [1.29, 1.82) is 0 Å². The van der Waals surface area contributed by atoms with Crippen LogP contribution in [0.1, 0.15) is 0 Å². The number of anilines is 1. The van der Waals surface area contributed by atoms with Crippen molar-refractivity contribution in [2.45, 2.75) is 0 Å². The van der Waals surface area contributed by atoms with Crippen LogP contribution in [0.3, 0.4) is 0 Å². The van der Waals surface area contributed by atoms with Crippen LogP contribution in [0.15, 0.2) is 40.1 Å². The van der Waals surface area contributed by atoms with Gasteiger partial charge in [-0.15, -0.1) is 0 Å². The van der Waals surface area contributed by atoms with E-state index in [1.165, 1.54) is 24.4 Å². The number of piperazine rings is 1. The lowest BCUT2D eigenvalue weighted by molar-refractivity contribution is 0.311.